The van der Waals surface area contributed by atoms with Crippen LogP contribution in [0.1, 0.15) is 0 Å². The molecule has 0 aliphatic rings. The SMILES string of the molecule is CS(=O)(=O)c1cccc(-c2ccccc2)c1. The van der Waals surface area contributed by atoms with Crippen molar-refractivity contribution in [3.05, 3.63) is 54.6 Å². The van der Waals surface area contributed by atoms with Crippen LogP contribution in [0.15, 0.2) is 59.5 Å². The third-order valence-electron chi connectivity index (χ3n) is 2.37. The van der Waals surface area contributed by atoms with Gasteiger partial charge in [0.05, 0.1) is 4.90 Å². The summed E-state index contributed by atoms with van der Waals surface area (Å²) in [5.74, 6) is 0. The van der Waals surface area contributed by atoms with Crippen LogP contribution >= 0.6 is 0 Å². The number of hydrogen-bond donors (Lipinski definition) is 0. The second-order valence-electron chi connectivity index (χ2n) is 3.67. The highest BCUT2D eigenvalue weighted by Crippen LogP contribution is 2.21. The van der Waals surface area contributed by atoms with Crippen molar-refractivity contribution < 1.29 is 8.42 Å². The molecule has 0 unspecified atom stereocenters. The number of hydrogen-bond acceptors (Lipinski definition) is 2. The number of benzene rings is 2. The molecular formula is C13H12O2S. The summed E-state index contributed by atoms with van der Waals surface area (Å²) in [6, 6.07) is 16.7. The smallest absolute Gasteiger partial charge is 0.175 e. The van der Waals surface area contributed by atoms with E-state index in [1.165, 1.54) is 6.26 Å². The highest BCUT2D eigenvalue weighted by Gasteiger charge is 2.07. The Morgan fingerprint density at radius 1 is 0.812 bits per heavy atom. The van der Waals surface area contributed by atoms with Crippen LogP contribution in [0.25, 0.3) is 11.1 Å². The normalized spacial score (nSPS) is 11.3. The van der Waals surface area contributed by atoms with E-state index < -0.39 is 9.84 Å². The summed E-state index contributed by atoms with van der Waals surface area (Å²) >= 11 is 0. The van der Waals surface area contributed by atoms with Gasteiger partial charge in [0.15, 0.2) is 9.84 Å². The Morgan fingerprint density at radius 3 is 2.06 bits per heavy atom. The van der Waals surface area contributed by atoms with Crippen LogP contribution in [-0.4, -0.2) is 14.7 Å². The van der Waals surface area contributed by atoms with Crippen LogP contribution in [0.2, 0.25) is 0 Å². The lowest BCUT2D eigenvalue weighted by Crippen LogP contribution is -1.96. The van der Waals surface area contributed by atoms with Gasteiger partial charge in [0.25, 0.3) is 0 Å². The second kappa shape index (κ2) is 4.10. The lowest BCUT2D eigenvalue weighted by Gasteiger charge is -2.03. The first-order valence-corrected chi connectivity index (χ1v) is 6.82. The second-order valence-corrected chi connectivity index (χ2v) is 5.68. The zero-order chi connectivity index (χ0) is 11.6. The molecule has 2 nitrogen and oxygen atoms in total. The summed E-state index contributed by atoms with van der Waals surface area (Å²) in [5, 5.41) is 0. The van der Waals surface area contributed by atoms with Gasteiger partial charge in [0.1, 0.15) is 0 Å². The first kappa shape index (κ1) is 10.9. The van der Waals surface area contributed by atoms with Gasteiger partial charge >= 0.3 is 0 Å². The molecule has 2 rings (SSSR count). The fraction of sp³-hybridized carbons (Fsp3) is 0.0769. The lowest BCUT2D eigenvalue weighted by atomic mass is 10.1. The third kappa shape index (κ3) is 2.31. The van der Waals surface area contributed by atoms with Crippen molar-refractivity contribution >= 4 is 9.84 Å². The van der Waals surface area contributed by atoms with Crippen LogP contribution in [0.4, 0.5) is 0 Å². The third-order valence-corrected chi connectivity index (χ3v) is 3.48. The van der Waals surface area contributed by atoms with Gasteiger partial charge in [-0.25, -0.2) is 8.42 Å². The van der Waals surface area contributed by atoms with Crippen molar-refractivity contribution in [2.45, 2.75) is 4.90 Å². The van der Waals surface area contributed by atoms with Crippen LogP contribution < -0.4 is 0 Å². The van der Waals surface area contributed by atoms with Gasteiger partial charge in [-0.3, -0.25) is 0 Å². The van der Waals surface area contributed by atoms with E-state index in [-0.39, 0.29) is 0 Å². The minimum atomic E-state index is -3.13. The van der Waals surface area contributed by atoms with E-state index in [2.05, 4.69) is 0 Å². The monoisotopic (exact) mass is 232 g/mol. The minimum Gasteiger partial charge on any atom is -0.224 e. The number of rotatable bonds is 2. The standard InChI is InChI=1S/C13H12O2S/c1-16(14,15)13-9-5-8-12(10-13)11-6-3-2-4-7-11/h2-10H,1H3. The average Bonchev–Trinajstić information content (AvgIpc) is 2.29. The van der Waals surface area contributed by atoms with Crippen LogP contribution in [-0.2, 0) is 9.84 Å². The molecule has 0 saturated heterocycles. The summed E-state index contributed by atoms with van der Waals surface area (Å²) in [6.07, 6.45) is 1.22. The quantitative estimate of drug-likeness (QED) is 0.797. The molecule has 16 heavy (non-hydrogen) atoms. The molecule has 0 amide bonds. The molecule has 2 aromatic carbocycles. The van der Waals surface area contributed by atoms with E-state index in [0.29, 0.717) is 4.90 Å². The van der Waals surface area contributed by atoms with Gasteiger partial charge in [0, 0.05) is 6.26 Å². The maximum absolute atomic E-state index is 11.4. The largest absolute Gasteiger partial charge is 0.224 e. The van der Waals surface area contributed by atoms with Crippen molar-refractivity contribution in [1.29, 1.82) is 0 Å². The summed E-state index contributed by atoms with van der Waals surface area (Å²) in [4.78, 5) is 0.355. The van der Waals surface area contributed by atoms with Gasteiger partial charge in [-0.1, -0.05) is 42.5 Å². The van der Waals surface area contributed by atoms with Gasteiger partial charge in [-0.2, -0.15) is 0 Å². The topological polar surface area (TPSA) is 34.1 Å². The Morgan fingerprint density at radius 2 is 1.44 bits per heavy atom. The molecule has 0 spiro atoms. The van der Waals surface area contributed by atoms with Crippen molar-refractivity contribution in [3.8, 4) is 11.1 Å². The predicted octanol–water partition coefficient (Wildman–Crippen LogP) is 2.76. The average molecular weight is 232 g/mol. The van der Waals surface area contributed by atoms with Crippen LogP contribution in [0.3, 0.4) is 0 Å². The van der Waals surface area contributed by atoms with Gasteiger partial charge in [0.2, 0.25) is 0 Å². The Balaban J connectivity index is 2.53. The van der Waals surface area contributed by atoms with E-state index in [1.807, 2.05) is 36.4 Å². The van der Waals surface area contributed by atoms with Crippen LogP contribution in [0, 0.1) is 0 Å². The fourth-order valence-corrected chi connectivity index (χ4v) is 2.20. The van der Waals surface area contributed by atoms with Gasteiger partial charge in [-0.15, -0.1) is 0 Å². The van der Waals surface area contributed by atoms with Crippen molar-refractivity contribution in [2.75, 3.05) is 6.26 Å². The minimum absolute atomic E-state index is 0.355. The van der Waals surface area contributed by atoms with E-state index in [4.69, 9.17) is 0 Å². The van der Waals surface area contributed by atoms with E-state index in [9.17, 15) is 8.42 Å². The maximum Gasteiger partial charge on any atom is 0.175 e. The van der Waals surface area contributed by atoms with Gasteiger partial charge < -0.3 is 0 Å². The Hall–Kier alpha value is -1.61. The molecule has 3 heteroatoms. The summed E-state index contributed by atoms with van der Waals surface area (Å²) in [5.41, 5.74) is 1.94. The van der Waals surface area contributed by atoms with Crippen molar-refractivity contribution in [3.63, 3.8) is 0 Å². The molecule has 0 N–H and O–H groups in total. The highest BCUT2D eigenvalue weighted by atomic mass is 32.2. The molecule has 0 fully saturated rings. The maximum atomic E-state index is 11.4. The lowest BCUT2D eigenvalue weighted by molar-refractivity contribution is 0.602. The molecule has 0 aromatic heterocycles. The molecule has 0 atom stereocenters. The van der Waals surface area contributed by atoms with E-state index in [0.717, 1.165) is 11.1 Å². The molecule has 0 saturated carbocycles. The molecular weight excluding hydrogens is 220 g/mol. The fourth-order valence-electron chi connectivity index (χ4n) is 1.54. The zero-order valence-corrected chi connectivity index (χ0v) is 9.74. The first-order valence-electron chi connectivity index (χ1n) is 4.93. The molecule has 0 aliphatic heterocycles. The predicted molar refractivity (Wildman–Crippen MR) is 65.0 cm³/mol. The van der Waals surface area contributed by atoms with E-state index >= 15 is 0 Å². The summed E-state index contributed by atoms with van der Waals surface area (Å²) < 4.78 is 22.8. The molecule has 0 radical (unpaired) electrons. The summed E-state index contributed by atoms with van der Waals surface area (Å²) in [7, 11) is -3.13. The Kier molecular flexibility index (Phi) is 2.79. The Bertz CT molecular complexity index is 586. The van der Waals surface area contributed by atoms with E-state index in [1.54, 1.807) is 18.2 Å². The molecule has 0 aliphatic carbocycles. The van der Waals surface area contributed by atoms with Crippen LogP contribution in [0.5, 0.6) is 0 Å². The Labute approximate surface area is 95.5 Å². The molecule has 82 valence electrons. The molecule has 2 aromatic rings. The number of sulfone groups is 1. The molecule has 0 bridgehead atoms. The zero-order valence-electron chi connectivity index (χ0n) is 8.92. The highest BCUT2D eigenvalue weighted by molar-refractivity contribution is 7.90. The van der Waals surface area contributed by atoms with Gasteiger partial charge in [-0.05, 0) is 23.3 Å². The first-order chi connectivity index (χ1) is 7.57. The van der Waals surface area contributed by atoms with Crippen molar-refractivity contribution in [1.82, 2.24) is 0 Å². The summed E-state index contributed by atoms with van der Waals surface area (Å²) in [6.45, 7) is 0. The van der Waals surface area contributed by atoms with Crippen molar-refractivity contribution in [2.24, 2.45) is 0 Å². The molecule has 0 heterocycles.